The Morgan fingerprint density at radius 1 is 0.808 bits per heavy atom. The van der Waals surface area contributed by atoms with E-state index in [1.165, 1.54) is 17.5 Å². The van der Waals surface area contributed by atoms with Gasteiger partial charge in [-0.2, -0.15) is 0 Å². The minimum Gasteiger partial charge on any atom is -0.326 e. The molecule has 0 radical (unpaired) electrons. The van der Waals surface area contributed by atoms with Crippen LogP contribution in [-0.2, 0) is 17.6 Å². The van der Waals surface area contributed by atoms with Gasteiger partial charge in [0.1, 0.15) is 0 Å². The minimum atomic E-state index is -0.114. The predicted molar refractivity (Wildman–Crippen MR) is 105 cm³/mol. The number of hydrogen-bond acceptors (Lipinski definition) is 2. The fourth-order valence-electron chi connectivity index (χ4n) is 3.61. The van der Waals surface area contributed by atoms with Crippen LogP contribution in [0.25, 0.3) is 10.8 Å². The summed E-state index contributed by atoms with van der Waals surface area (Å²) in [6.07, 6.45) is 3.81. The lowest BCUT2D eigenvalue weighted by molar-refractivity contribution is -0.116. The van der Waals surface area contributed by atoms with Gasteiger partial charge in [-0.25, -0.2) is 0 Å². The number of fused-ring (bicyclic) bond motifs is 2. The van der Waals surface area contributed by atoms with E-state index in [-0.39, 0.29) is 24.5 Å². The quantitative estimate of drug-likeness (QED) is 0.668. The summed E-state index contributed by atoms with van der Waals surface area (Å²) in [6, 6.07) is 19.7. The number of benzene rings is 3. The third kappa shape index (κ3) is 3.52. The molecule has 3 nitrogen and oxygen atoms in total. The first-order valence-electron chi connectivity index (χ1n) is 9.13. The van der Waals surface area contributed by atoms with E-state index in [1.54, 1.807) is 0 Å². The molecule has 0 saturated heterocycles. The van der Waals surface area contributed by atoms with Crippen LogP contribution in [0.3, 0.4) is 0 Å². The van der Waals surface area contributed by atoms with Gasteiger partial charge in [-0.05, 0) is 59.4 Å². The van der Waals surface area contributed by atoms with Gasteiger partial charge in [0, 0.05) is 24.1 Å². The minimum absolute atomic E-state index is 0.000133. The predicted octanol–water partition coefficient (Wildman–Crippen LogP) is 4.93. The molecule has 1 aliphatic carbocycles. The Bertz CT molecular complexity index is 990. The summed E-state index contributed by atoms with van der Waals surface area (Å²) in [5, 5.41) is 5.07. The van der Waals surface area contributed by atoms with Crippen molar-refractivity contribution in [3.05, 3.63) is 77.4 Å². The van der Waals surface area contributed by atoms with Crippen LogP contribution in [-0.4, -0.2) is 11.7 Å². The summed E-state index contributed by atoms with van der Waals surface area (Å²) >= 11 is 0. The summed E-state index contributed by atoms with van der Waals surface area (Å²) in [4.78, 5) is 24.6. The molecule has 1 aliphatic rings. The van der Waals surface area contributed by atoms with Crippen LogP contribution in [0.5, 0.6) is 0 Å². The van der Waals surface area contributed by atoms with Crippen LogP contribution in [0.2, 0.25) is 0 Å². The van der Waals surface area contributed by atoms with Gasteiger partial charge in [0.2, 0.25) is 5.91 Å². The van der Waals surface area contributed by atoms with Gasteiger partial charge in [-0.1, -0.05) is 42.5 Å². The van der Waals surface area contributed by atoms with Crippen molar-refractivity contribution in [2.45, 2.75) is 32.1 Å². The van der Waals surface area contributed by atoms with E-state index in [0.717, 1.165) is 29.3 Å². The molecule has 0 aliphatic heterocycles. The Morgan fingerprint density at radius 2 is 1.62 bits per heavy atom. The Hall–Kier alpha value is -2.94. The highest BCUT2D eigenvalue weighted by Gasteiger charge is 2.13. The van der Waals surface area contributed by atoms with E-state index >= 15 is 0 Å². The average Bonchev–Trinajstić information content (AvgIpc) is 3.13. The Morgan fingerprint density at radius 3 is 2.50 bits per heavy atom. The summed E-state index contributed by atoms with van der Waals surface area (Å²) in [5.74, 6) is -0.114. The molecular weight excluding hydrogens is 322 g/mol. The van der Waals surface area contributed by atoms with E-state index in [1.807, 2.05) is 48.5 Å². The first-order chi connectivity index (χ1) is 12.7. The number of aryl methyl sites for hydroxylation is 2. The molecule has 0 fully saturated rings. The molecule has 0 saturated carbocycles. The normalized spacial score (nSPS) is 12.8. The van der Waals surface area contributed by atoms with Crippen molar-refractivity contribution < 1.29 is 9.59 Å². The molecular formula is C23H21NO2. The van der Waals surface area contributed by atoms with Crippen molar-refractivity contribution in [3.8, 4) is 0 Å². The first kappa shape index (κ1) is 16.5. The molecule has 3 heteroatoms. The van der Waals surface area contributed by atoms with Gasteiger partial charge >= 0.3 is 0 Å². The molecule has 3 aromatic carbocycles. The summed E-state index contributed by atoms with van der Waals surface area (Å²) in [7, 11) is 0. The molecule has 0 spiro atoms. The first-order valence-corrected chi connectivity index (χ1v) is 9.13. The van der Waals surface area contributed by atoms with E-state index in [0.29, 0.717) is 5.56 Å². The second-order valence-electron chi connectivity index (χ2n) is 6.87. The maximum Gasteiger partial charge on any atom is 0.224 e. The Kier molecular flexibility index (Phi) is 4.53. The summed E-state index contributed by atoms with van der Waals surface area (Å²) in [5.41, 5.74) is 4.20. The highest BCUT2D eigenvalue weighted by Crippen LogP contribution is 2.25. The summed E-state index contributed by atoms with van der Waals surface area (Å²) < 4.78 is 0. The standard InChI is InChI=1S/C23H21NO2/c25-22(20-9-8-16-4-1-2-5-18(16)14-20)12-13-23(26)24-21-11-10-17-6-3-7-19(17)15-21/h1-2,4-5,8-11,14-15H,3,6-7,12-13H2,(H,24,26). The van der Waals surface area contributed by atoms with Crippen molar-refractivity contribution in [2.24, 2.45) is 0 Å². The van der Waals surface area contributed by atoms with Gasteiger partial charge in [0.05, 0.1) is 0 Å². The number of amides is 1. The third-order valence-electron chi connectivity index (χ3n) is 5.03. The van der Waals surface area contributed by atoms with Gasteiger partial charge in [0.25, 0.3) is 0 Å². The molecule has 26 heavy (non-hydrogen) atoms. The second kappa shape index (κ2) is 7.12. The van der Waals surface area contributed by atoms with E-state index in [2.05, 4.69) is 17.4 Å². The van der Waals surface area contributed by atoms with Crippen LogP contribution >= 0.6 is 0 Å². The molecule has 130 valence electrons. The van der Waals surface area contributed by atoms with Gasteiger partial charge in [-0.3, -0.25) is 9.59 Å². The van der Waals surface area contributed by atoms with E-state index in [4.69, 9.17) is 0 Å². The lowest BCUT2D eigenvalue weighted by atomic mass is 10.0. The molecule has 1 N–H and O–H groups in total. The van der Waals surface area contributed by atoms with Gasteiger partial charge in [0.15, 0.2) is 5.78 Å². The zero-order chi connectivity index (χ0) is 17.9. The van der Waals surface area contributed by atoms with Crippen LogP contribution in [0.4, 0.5) is 5.69 Å². The van der Waals surface area contributed by atoms with Crippen LogP contribution in [0, 0.1) is 0 Å². The third-order valence-corrected chi connectivity index (χ3v) is 5.03. The van der Waals surface area contributed by atoms with Gasteiger partial charge in [-0.15, -0.1) is 0 Å². The van der Waals surface area contributed by atoms with Crippen molar-refractivity contribution in [1.29, 1.82) is 0 Å². The van der Waals surface area contributed by atoms with Crippen LogP contribution < -0.4 is 5.32 Å². The smallest absolute Gasteiger partial charge is 0.224 e. The maximum absolute atomic E-state index is 12.4. The van der Waals surface area contributed by atoms with E-state index < -0.39 is 0 Å². The fourth-order valence-corrected chi connectivity index (χ4v) is 3.61. The van der Waals surface area contributed by atoms with Crippen LogP contribution in [0.15, 0.2) is 60.7 Å². The zero-order valence-electron chi connectivity index (χ0n) is 14.6. The molecule has 0 heterocycles. The monoisotopic (exact) mass is 343 g/mol. The number of hydrogen-bond donors (Lipinski definition) is 1. The molecule has 0 atom stereocenters. The Balaban J connectivity index is 1.36. The number of carbonyl (C=O) groups is 2. The Labute approximate surface area is 153 Å². The molecule has 0 aromatic heterocycles. The van der Waals surface area contributed by atoms with Crippen molar-refractivity contribution >= 4 is 28.2 Å². The number of nitrogens with one attached hydrogen (secondary N) is 1. The maximum atomic E-state index is 12.4. The van der Waals surface area contributed by atoms with Gasteiger partial charge < -0.3 is 5.32 Å². The zero-order valence-corrected chi connectivity index (χ0v) is 14.6. The molecule has 4 rings (SSSR count). The number of rotatable bonds is 5. The van der Waals surface area contributed by atoms with Crippen molar-refractivity contribution in [3.63, 3.8) is 0 Å². The number of carbonyl (C=O) groups excluding carboxylic acids is 2. The molecule has 1 amide bonds. The molecule has 0 bridgehead atoms. The lowest BCUT2D eigenvalue weighted by Crippen LogP contribution is -2.13. The lowest BCUT2D eigenvalue weighted by Gasteiger charge is -2.08. The van der Waals surface area contributed by atoms with Crippen LogP contribution in [0.1, 0.15) is 40.7 Å². The average molecular weight is 343 g/mol. The highest BCUT2D eigenvalue weighted by molar-refractivity contribution is 6.02. The number of anilines is 1. The number of ketones is 1. The van der Waals surface area contributed by atoms with E-state index in [9.17, 15) is 9.59 Å². The van der Waals surface area contributed by atoms with Crippen molar-refractivity contribution in [2.75, 3.05) is 5.32 Å². The van der Waals surface area contributed by atoms with Crippen molar-refractivity contribution in [1.82, 2.24) is 0 Å². The topological polar surface area (TPSA) is 46.2 Å². The fraction of sp³-hybridized carbons (Fsp3) is 0.217. The highest BCUT2D eigenvalue weighted by atomic mass is 16.2. The molecule has 0 unspecified atom stereocenters. The SMILES string of the molecule is O=C(CCC(=O)c1ccc2ccccc2c1)Nc1ccc2c(c1)CCC2. The molecule has 3 aromatic rings. The largest absolute Gasteiger partial charge is 0.326 e. The summed E-state index contributed by atoms with van der Waals surface area (Å²) in [6.45, 7) is 0. The second-order valence-corrected chi connectivity index (χ2v) is 6.87. The number of Topliss-reactive ketones (excluding diaryl/α,β-unsaturated/α-hetero) is 1.